The fourth-order valence-corrected chi connectivity index (χ4v) is 2.63. The SMILES string of the molecule is CCOc1ccc(C(=O)/C=C\c2ccc(OC(C)(C)C)cc2OC(C)(C)C)cc1. The fraction of sp³-hybridized carbons (Fsp3) is 0.400. The Hall–Kier alpha value is -2.75. The molecular weight excluding hydrogens is 364 g/mol. The summed E-state index contributed by atoms with van der Waals surface area (Å²) in [7, 11) is 0. The largest absolute Gasteiger partial charge is 0.494 e. The van der Waals surface area contributed by atoms with Crippen molar-refractivity contribution in [3.63, 3.8) is 0 Å². The number of ketones is 1. The first-order chi connectivity index (χ1) is 13.5. The summed E-state index contributed by atoms with van der Waals surface area (Å²) in [6, 6.07) is 12.8. The van der Waals surface area contributed by atoms with Crippen LogP contribution >= 0.6 is 0 Å². The number of rotatable bonds is 7. The summed E-state index contributed by atoms with van der Waals surface area (Å²) in [6.07, 6.45) is 3.34. The minimum Gasteiger partial charge on any atom is -0.494 e. The molecule has 4 heteroatoms. The van der Waals surface area contributed by atoms with E-state index in [0.29, 0.717) is 17.9 Å². The summed E-state index contributed by atoms with van der Waals surface area (Å²) < 4.78 is 17.5. The second-order valence-electron chi connectivity index (χ2n) is 8.78. The fourth-order valence-electron chi connectivity index (χ4n) is 2.63. The molecule has 0 N–H and O–H groups in total. The summed E-state index contributed by atoms with van der Waals surface area (Å²) >= 11 is 0. The topological polar surface area (TPSA) is 44.8 Å². The average Bonchev–Trinajstić information content (AvgIpc) is 2.59. The molecule has 29 heavy (non-hydrogen) atoms. The van der Waals surface area contributed by atoms with E-state index in [0.717, 1.165) is 17.1 Å². The molecule has 2 aromatic rings. The van der Waals surface area contributed by atoms with Gasteiger partial charge in [-0.15, -0.1) is 0 Å². The van der Waals surface area contributed by atoms with Gasteiger partial charge >= 0.3 is 0 Å². The van der Waals surface area contributed by atoms with Crippen molar-refractivity contribution in [2.24, 2.45) is 0 Å². The van der Waals surface area contributed by atoms with E-state index in [1.807, 2.05) is 66.7 Å². The quantitative estimate of drug-likeness (QED) is 0.405. The maximum Gasteiger partial charge on any atom is 0.185 e. The third kappa shape index (κ3) is 7.65. The highest BCUT2D eigenvalue weighted by atomic mass is 16.5. The number of carbonyl (C=O) groups excluding carboxylic acids is 1. The number of ether oxygens (including phenoxy) is 3. The molecule has 2 aromatic carbocycles. The van der Waals surface area contributed by atoms with Crippen LogP contribution in [0.25, 0.3) is 6.08 Å². The number of allylic oxidation sites excluding steroid dienone is 1. The first-order valence-corrected chi connectivity index (χ1v) is 9.94. The number of hydrogen-bond acceptors (Lipinski definition) is 4. The highest BCUT2D eigenvalue weighted by Gasteiger charge is 2.17. The average molecular weight is 397 g/mol. The lowest BCUT2D eigenvalue weighted by molar-refractivity contribution is 0.104. The van der Waals surface area contributed by atoms with Gasteiger partial charge in [-0.25, -0.2) is 0 Å². The van der Waals surface area contributed by atoms with Crippen LogP contribution in [0.4, 0.5) is 0 Å². The van der Waals surface area contributed by atoms with E-state index < -0.39 is 0 Å². The number of hydrogen-bond donors (Lipinski definition) is 0. The molecule has 0 unspecified atom stereocenters. The van der Waals surface area contributed by atoms with Gasteiger partial charge in [0.1, 0.15) is 28.5 Å². The van der Waals surface area contributed by atoms with Gasteiger partial charge < -0.3 is 14.2 Å². The zero-order valence-corrected chi connectivity index (χ0v) is 18.5. The zero-order chi connectivity index (χ0) is 21.7. The van der Waals surface area contributed by atoms with Crippen molar-refractivity contribution >= 4 is 11.9 Å². The molecule has 4 nitrogen and oxygen atoms in total. The smallest absolute Gasteiger partial charge is 0.185 e. The van der Waals surface area contributed by atoms with Crippen LogP contribution in [-0.4, -0.2) is 23.6 Å². The van der Waals surface area contributed by atoms with Gasteiger partial charge in [0.25, 0.3) is 0 Å². The van der Waals surface area contributed by atoms with Gasteiger partial charge in [0.2, 0.25) is 0 Å². The lowest BCUT2D eigenvalue weighted by Gasteiger charge is -2.25. The standard InChI is InChI=1S/C25H32O4/c1-8-27-20-13-9-18(10-14-20)22(26)16-12-19-11-15-21(28-24(2,3)4)17-23(19)29-25(5,6)7/h9-17H,8H2,1-7H3/b16-12-. The van der Waals surface area contributed by atoms with Crippen LogP contribution in [0, 0.1) is 0 Å². The van der Waals surface area contributed by atoms with E-state index in [9.17, 15) is 4.79 Å². The van der Waals surface area contributed by atoms with E-state index in [1.54, 1.807) is 36.4 Å². The second-order valence-corrected chi connectivity index (χ2v) is 8.78. The number of carbonyl (C=O) groups is 1. The minimum atomic E-state index is -0.373. The predicted octanol–water partition coefficient (Wildman–Crippen LogP) is 6.34. The summed E-state index contributed by atoms with van der Waals surface area (Å²) in [5, 5.41) is 0. The molecule has 0 radical (unpaired) electrons. The minimum absolute atomic E-state index is 0.0789. The van der Waals surface area contributed by atoms with Gasteiger partial charge in [-0.05, 0) is 97.0 Å². The van der Waals surface area contributed by atoms with Crippen LogP contribution in [0.1, 0.15) is 64.4 Å². The summed E-state index contributed by atoms with van der Waals surface area (Å²) in [6.45, 7) is 14.5. The second kappa shape index (κ2) is 9.17. The summed E-state index contributed by atoms with van der Waals surface area (Å²) in [5.41, 5.74) is 0.748. The lowest BCUT2D eigenvalue weighted by Crippen LogP contribution is -2.24. The first kappa shape index (κ1) is 22.5. The highest BCUT2D eigenvalue weighted by molar-refractivity contribution is 6.07. The molecule has 0 atom stereocenters. The highest BCUT2D eigenvalue weighted by Crippen LogP contribution is 2.31. The van der Waals surface area contributed by atoms with Crippen molar-refractivity contribution in [2.45, 2.75) is 59.7 Å². The van der Waals surface area contributed by atoms with Gasteiger partial charge in [-0.1, -0.05) is 0 Å². The maximum atomic E-state index is 12.5. The van der Waals surface area contributed by atoms with Crippen LogP contribution in [0.2, 0.25) is 0 Å². The monoisotopic (exact) mass is 396 g/mol. The Bertz CT molecular complexity index is 850. The van der Waals surface area contributed by atoms with Crippen molar-refractivity contribution in [1.29, 1.82) is 0 Å². The zero-order valence-electron chi connectivity index (χ0n) is 18.5. The Labute approximate surface area is 174 Å². The van der Waals surface area contributed by atoms with Crippen molar-refractivity contribution in [3.05, 3.63) is 59.7 Å². The molecule has 0 heterocycles. The number of benzene rings is 2. The van der Waals surface area contributed by atoms with Crippen LogP contribution in [0.5, 0.6) is 17.2 Å². The maximum absolute atomic E-state index is 12.5. The molecule has 0 bridgehead atoms. The van der Waals surface area contributed by atoms with Crippen LogP contribution in [0.3, 0.4) is 0 Å². The Morgan fingerprint density at radius 3 is 2.00 bits per heavy atom. The molecule has 0 aliphatic carbocycles. The van der Waals surface area contributed by atoms with E-state index in [4.69, 9.17) is 14.2 Å². The van der Waals surface area contributed by atoms with E-state index in [1.165, 1.54) is 0 Å². The molecule has 0 aliphatic heterocycles. The third-order valence-corrected chi connectivity index (χ3v) is 3.69. The molecule has 0 saturated carbocycles. The summed E-state index contributed by atoms with van der Waals surface area (Å²) in [4.78, 5) is 12.5. The van der Waals surface area contributed by atoms with E-state index in [-0.39, 0.29) is 17.0 Å². The Kier molecular flexibility index (Phi) is 7.12. The van der Waals surface area contributed by atoms with E-state index in [2.05, 4.69) is 0 Å². The third-order valence-electron chi connectivity index (χ3n) is 3.69. The van der Waals surface area contributed by atoms with Crippen molar-refractivity contribution in [3.8, 4) is 17.2 Å². The molecule has 2 rings (SSSR count). The molecule has 0 amide bonds. The van der Waals surface area contributed by atoms with Crippen LogP contribution in [-0.2, 0) is 0 Å². The molecule has 0 aliphatic rings. The Morgan fingerprint density at radius 2 is 1.45 bits per heavy atom. The molecule has 0 spiro atoms. The van der Waals surface area contributed by atoms with Crippen molar-refractivity contribution in [2.75, 3.05) is 6.61 Å². The predicted molar refractivity (Wildman–Crippen MR) is 118 cm³/mol. The molecular formula is C25H32O4. The van der Waals surface area contributed by atoms with Gasteiger partial charge in [0, 0.05) is 17.2 Å². The van der Waals surface area contributed by atoms with Crippen LogP contribution in [0.15, 0.2) is 48.5 Å². The van der Waals surface area contributed by atoms with Gasteiger partial charge in [-0.2, -0.15) is 0 Å². The normalized spacial score (nSPS) is 12.1. The van der Waals surface area contributed by atoms with Gasteiger partial charge in [-0.3, -0.25) is 4.79 Å². The summed E-state index contributed by atoms with van der Waals surface area (Å²) in [5.74, 6) is 2.08. The van der Waals surface area contributed by atoms with Gasteiger partial charge in [0.05, 0.1) is 6.61 Å². The van der Waals surface area contributed by atoms with Crippen LogP contribution < -0.4 is 14.2 Å². The Balaban J connectivity index is 2.25. The molecule has 0 aromatic heterocycles. The first-order valence-electron chi connectivity index (χ1n) is 9.94. The molecule has 156 valence electrons. The van der Waals surface area contributed by atoms with Crippen molar-refractivity contribution < 1.29 is 19.0 Å². The molecule has 0 saturated heterocycles. The molecule has 0 fully saturated rings. The van der Waals surface area contributed by atoms with Gasteiger partial charge in [0.15, 0.2) is 5.78 Å². The lowest BCUT2D eigenvalue weighted by atomic mass is 10.1. The van der Waals surface area contributed by atoms with E-state index >= 15 is 0 Å². The van der Waals surface area contributed by atoms with Crippen molar-refractivity contribution in [1.82, 2.24) is 0 Å². The Morgan fingerprint density at radius 1 is 0.862 bits per heavy atom.